The number of imidazole rings is 1. The number of aromatic nitrogens is 5. The van der Waals surface area contributed by atoms with Crippen molar-refractivity contribution >= 4 is 52.2 Å². The molecule has 0 radical (unpaired) electrons. The van der Waals surface area contributed by atoms with E-state index in [1.807, 2.05) is 36.5 Å². The van der Waals surface area contributed by atoms with Gasteiger partial charge in [-0.1, -0.05) is 23.4 Å². The monoisotopic (exact) mass is 890 g/mol. The summed E-state index contributed by atoms with van der Waals surface area (Å²) in [5.41, 5.74) is 4.46. The molecular weight excluding hydrogens is 841 g/mol. The lowest BCUT2D eigenvalue weighted by molar-refractivity contribution is -0.136. The molecule has 3 aromatic carbocycles. The van der Waals surface area contributed by atoms with E-state index >= 15 is 0 Å². The van der Waals surface area contributed by atoms with Gasteiger partial charge >= 0.3 is 0 Å². The first kappa shape index (κ1) is 44.7. The van der Waals surface area contributed by atoms with Gasteiger partial charge in [-0.25, -0.2) is 9.67 Å². The third kappa shape index (κ3) is 10.9. The van der Waals surface area contributed by atoms with E-state index in [1.165, 1.54) is 31.0 Å². The lowest BCUT2D eigenvalue weighted by Crippen LogP contribution is -2.54. The average Bonchev–Trinajstić information content (AvgIpc) is 4.10. The average molecular weight is 891 g/mol. The van der Waals surface area contributed by atoms with Crippen LogP contribution in [-0.2, 0) is 41.7 Å². The molecule has 2 aromatic heterocycles. The van der Waals surface area contributed by atoms with Gasteiger partial charge in [-0.05, 0) is 75.2 Å². The summed E-state index contributed by atoms with van der Waals surface area (Å²) in [6.07, 6.45) is 4.28. The minimum absolute atomic E-state index is 0.00523. The minimum Gasteiger partial charge on any atom is -0.483 e. The molecule has 0 spiro atoms. The highest BCUT2D eigenvalue weighted by Crippen LogP contribution is 2.33. The molecule has 4 N–H and O–H groups in total. The van der Waals surface area contributed by atoms with E-state index in [0.29, 0.717) is 62.6 Å². The number of H-pyrrole nitrogens is 1. The van der Waals surface area contributed by atoms with Crippen molar-refractivity contribution in [2.24, 2.45) is 0 Å². The van der Waals surface area contributed by atoms with Crippen molar-refractivity contribution in [3.8, 4) is 17.0 Å². The highest BCUT2D eigenvalue weighted by molar-refractivity contribution is 6.24. The predicted octanol–water partition coefficient (Wildman–Crippen LogP) is 2.70. The number of hydrogen-bond donors (Lipinski definition) is 4. The van der Waals surface area contributed by atoms with E-state index in [-0.39, 0.29) is 48.8 Å². The molecule has 1 unspecified atom stereocenters. The zero-order valence-electron chi connectivity index (χ0n) is 35.9. The van der Waals surface area contributed by atoms with Crippen molar-refractivity contribution in [2.45, 2.75) is 57.8 Å². The number of imide groups is 2. The van der Waals surface area contributed by atoms with E-state index in [1.54, 1.807) is 16.8 Å². The number of amides is 6. The van der Waals surface area contributed by atoms with Crippen LogP contribution < -0.4 is 20.7 Å². The van der Waals surface area contributed by atoms with Crippen LogP contribution in [0.15, 0.2) is 66.9 Å². The summed E-state index contributed by atoms with van der Waals surface area (Å²) in [5.74, 6) is -2.29. The first-order valence-electron chi connectivity index (χ1n) is 21.6. The minimum atomic E-state index is -1.11. The van der Waals surface area contributed by atoms with E-state index < -0.39 is 42.2 Å². The number of likely N-dealkylation sites (tertiary alicyclic amines) is 1. The summed E-state index contributed by atoms with van der Waals surface area (Å²) < 4.78 is 24.0. The lowest BCUT2D eigenvalue weighted by atomic mass is 10.0. The highest BCUT2D eigenvalue weighted by atomic mass is 16.5. The number of hydrogen-bond acceptors (Lipinski definition) is 14. The van der Waals surface area contributed by atoms with Crippen LogP contribution >= 0.6 is 0 Å². The molecule has 2 atom stereocenters. The Morgan fingerprint density at radius 2 is 1.68 bits per heavy atom. The standard InChI is InChI=1S/C45H50N10O10/c1-28-4-3-16-53(28)26-38-48-33-12-11-31(24-34(33)49-38)47-42(58)30-9-7-29(8-10-30)35-25-54(52-51-35)17-19-63-21-23-64-22-20-62-18-15-46-40(57)27-65-37-6-2-5-32-41(37)45(61)55(44(32)60)36-13-14-39(56)50-43(36)59/h2,5-12,24-25,28,36H,3-4,13-23,26-27H2,1H3,(H,46,57)(H,47,58)(H,48,49)(H,50,56,59)/t28-,36?/m0/s1. The summed E-state index contributed by atoms with van der Waals surface area (Å²) >= 11 is 0. The predicted molar refractivity (Wildman–Crippen MR) is 233 cm³/mol. The number of anilines is 1. The first-order chi connectivity index (χ1) is 31.6. The number of nitrogens with zero attached hydrogens (tertiary/aromatic N) is 6. The molecule has 3 aliphatic rings. The maximum absolute atomic E-state index is 13.2. The Bertz CT molecular complexity index is 2560. The Morgan fingerprint density at radius 1 is 0.892 bits per heavy atom. The van der Waals surface area contributed by atoms with Crippen LogP contribution in [0.25, 0.3) is 22.3 Å². The van der Waals surface area contributed by atoms with Gasteiger partial charge in [0.05, 0.1) is 81.1 Å². The van der Waals surface area contributed by atoms with Gasteiger partial charge in [-0.2, -0.15) is 0 Å². The largest absolute Gasteiger partial charge is 0.483 e. The Kier molecular flexibility index (Phi) is 14.3. The topological polar surface area (TPSA) is 241 Å². The summed E-state index contributed by atoms with van der Waals surface area (Å²) in [5, 5.41) is 16.3. The number of carbonyl (C=O) groups excluding carboxylic acids is 6. The molecular formula is C45H50N10O10. The molecule has 6 amide bonds. The number of nitrogens with one attached hydrogen (secondary N) is 4. The normalized spacial score (nSPS) is 17.5. The molecule has 0 aliphatic carbocycles. The second-order valence-electron chi connectivity index (χ2n) is 15.9. The summed E-state index contributed by atoms with van der Waals surface area (Å²) in [4.78, 5) is 87.0. The SMILES string of the molecule is C[C@H]1CCCN1Cc1nc2cc(NC(=O)c3ccc(-c4cn(CCOCCOCCOCCNC(=O)COc5cccc6c5C(=O)N(C5CCC(=O)NC5=O)C6=O)nn4)cc3)ccc2[nH]1. The zero-order chi connectivity index (χ0) is 45.3. The molecule has 2 fully saturated rings. The van der Waals surface area contributed by atoms with Gasteiger partial charge < -0.3 is 34.6 Å². The molecule has 3 aliphatic heterocycles. The van der Waals surface area contributed by atoms with E-state index in [2.05, 4.69) is 43.1 Å². The third-order valence-corrected chi connectivity index (χ3v) is 11.4. The summed E-state index contributed by atoms with van der Waals surface area (Å²) in [6.45, 7) is 6.38. The van der Waals surface area contributed by atoms with Gasteiger partial charge in [0, 0.05) is 35.8 Å². The van der Waals surface area contributed by atoms with Crippen molar-refractivity contribution in [1.29, 1.82) is 0 Å². The number of rotatable bonds is 21. The van der Waals surface area contributed by atoms with Crippen molar-refractivity contribution in [1.82, 2.24) is 45.4 Å². The number of piperidine rings is 1. The van der Waals surface area contributed by atoms with E-state index in [0.717, 1.165) is 40.4 Å². The Morgan fingerprint density at radius 3 is 2.45 bits per heavy atom. The maximum atomic E-state index is 13.2. The van der Waals surface area contributed by atoms with Crippen molar-refractivity contribution in [2.75, 3.05) is 64.7 Å². The Balaban J connectivity index is 0.660. The number of carbonyl (C=O) groups is 6. The van der Waals surface area contributed by atoms with Gasteiger partial charge in [0.15, 0.2) is 6.61 Å². The fraction of sp³-hybridized carbons (Fsp3) is 0.400. The Hall–Kier alpha value is -6.87. The number of benzene rings is 3. The second-order valence-corrected chi connectivity index (χ2v) is 15.9. The Labute approximate surface area is 373 Å². The van der Waals surface area contributed by atoms with Gasteiger partial charge in [-0.3, -0.25) is 43.9 Å². The fourth-order valence-electron chi connectivity index (χ4n) is 7.93. The summed E-state index contributed by atoms with van der Waals surface area (Å²) in [6, 6.07) is 16.8. The lowest BCUT2D eigenvalue weighted by Gasteiger charge is -2.27. The van der Waals surface area contributed by atoms with Gasteiger partial charge in [-0.15, -0.1) is 5.10 Å². The molecule has 20 heteroatoms. The third-order valence-electron chi connectivity index (χ3n) is 11.4. The van der Waals surface area contributed by atoms with Gasteiger partial charge in [0.2, 0.25) is 11.8 Å². The van der Waals surface area contributed by atoms with Crippen LogP contribution in [0.2, 0.25) is 0 Å². The smallest absolute Gasteiger partial charge is 0.266 e. The van der Waals surface area contributed by atoms with E-state index in [9.17, 15) is 28.8 Å². The summed E-state index contributed by atoms with van der Waals surface area (Å²) in [7, 11) is 0. The van der Waals surface area contributed by atoms with Crippen LogP contribution in [0.3, 0.4) is 0 Å². The molecule has 20 nitrogen and oxygen atoms in total. The molecule has 65 heavy (non-hydrogen) atoms. The molecule has 8 rings (SSSR count). The van der Waals surface area contributed by atoms with Crippen molar-refractivity contribution in [3.05, 3.63) is 89.4 Å². The van der Waals surface area contributed by atoms with Gasteiger partial charge in [0.1, 0.15) is 23.3 Å². The van der Waals surface area contributed by atoms with Crippen molar-refractivity contribution < 1.29 is 47.7 Å². The van der Waals surface area contributed by atoms with Gasteiger partial charge in [0.25, 0.3) is 23.6 Å². The second kappa shape index (κ2) is 20.8. The van der Waals surface area contributed by atoms with Crippen LogP contribution in [0, 0.1) is 0 Å². The van der Waals surface area contributed by atoms with Crippen LogP contribution in [0.1, 0.15) is 69.5 Å². The molecule has 340 valence electrons. The molecule has 5 aromatic rings. The number of aromatic amines is 1. The molecule has 0 saturated carbocycles. The molecule has 5 heterocycles. The van der Waals surface area contributed by atoms with Crippen LogP contribution in [0.5, 0.6) is 5.75 Å². The van der Waals surface area contributed by atoms with Crippen LogP contribution in [0.4, 0.5) is 5.69 Å². The molecule has 0 bridgehead atoms. The first-order valence-corrected chi connectivity index (χ1v) is 21.6. The highest BCUT2D eigenvalue weighted by Gasteiger charge is 2.46. The molecule has 2 saturated heterocycles. The van der Waals surface area contributed by atoms with Crippen molar-refractivity contribution in [3.63, 3.8) is 0 Å². The number of fused-ring (bicyclic) bond motifs is 2. The quantitative estimate of drug-likeness (QED) is 0.0612. The van der Waals surface area contributed by atoms with Crippen LogP contribution in [-0.4, -0.2) is 142 Å². The number of ether oxygens (including phenoxy) is 4. The maximum Gasteiger partial charge on any atom is 0.266 e. The van der Waals surface area contributed by atoms with E-state index in [4.69, 9.17) is 23.9 Å². The fourth-order valence-corrected chi connectivity index (χ4v) is 7.93. The zero-order valence-corrected chi connectivity index (χ0v) is 35.9.